The highest BCUT2D eigenvalue weighted by Crippen LogP contribution is 2.32. The Labute approximate surface area is 119 Å². The second-order valence-corrected chi connectivity index (χ2v) is 4.86. The van der Waals surface area contributed by atoms with Gasteiger partial charge in [0.1, 0.15) is 11.5 Å². The minimum Gasteiger partial charge on any atom is -0.260 e. The fraction of sp³-hybridized carbons (Fsp3) is 0.143. The Kier molecular flexibility index (Phi) is 2.63. The van der Waals surface area contributed by atoms with Crippen LogP contribution in [-0.4, -0.2) is 30.4 Å². The fourth-order valence-electron chi connectivity index (χ4n) is 2.53. The van der Waals surface area contributed by atoms with E-state index >= 15 is 0 Å². The van der Waals surface area contributed by atoms with E-state index in [0.717, 1.165) is 16.8 Å². The van der Waals surface area contributed by atoms with Crippen molar-refractivity contribution in [3.63, 3.8) is 0 Å². The molecule has 4 rings (SSSR count). The zero-order valence-corrected chi connectivity index (χ0v) is 11.0. The molecule has 2 aromatic heterocycles. The van der Waals surface area contributed by atoms with Crippen LogP contribution in [0.5, 0.6) is 0 Å². The molecule has 2 heterocycles. The molecular formula is C14H11FN6. The summed E-state index contributed by atoms with van der Waals surface area (Å²) in [5.41, 5.74) is 3.27. The maximum atomic E-state index is 13.6. The molecule has 1 aliphatic carbocycles. The molecule has 104 valence electrons. The quantitative estimate of drug-likeness (QED) is 0.797. The van der Waals surface area contributed by atoms with E-state index in [1.54, 1.807) is 4.68 Å². The van der Waals surface area contributed by atoms with Crippen molar-refractivity contribution in [2.45, 2.75) is 13.0 Å². The first-order valence-corrected chi connectivity index (χ1v) is 6.55. The van der Waals surface area contributed by atoms with E-state index in [0.29, 0.717) is 18.1 Å². The van der Waals surface area contributed by atoms with Gasteiger partial charge in [-0.1, -0.05) is 30.3 Å². The van der Waals surface area contributed by atoms with Crippen LogP contribution in [0.4, 0.5) is 4.39 Å². The van der Waals surface area contributed by atoms with Crippen LogP contribution in [0.2, 0.25) is 0 Å². The molecule has 0 saturated heterocycles. The number of fused-ring (bicyclic) bond motifs is 1. The first-order chi connectivity index (χ1) is 10.3. The summed E-state index contributed by atoms with van der Waals surface area (Å²) in [6.45, 7) is 0.574. The Hall–Kier alpha value is -2.83. The molecule has 3 aromatic rings. The number of nitrogens with one attached hydrogen (secondary N) is 1. The molecule has 0 radical (unpaired) electrons. The van der Waals surface area contributed by atoms with Crippen molar-refractivity contribution in [1.82, 2.24) is 30.4 Å². The lowest BCUT2D eigenvalue weighted by atomic mass is 10.2. The molecule has 1 aromatic carbocycles. The largest absolute Gasteiger partial charge is 0.260 e. The average molecular weight is 282 g/mol. The fourth-order valence-corrected chi connectivity index (χ4v) is 2.53. The number of tetrazole rings is 1. The van der Waals surface area contributed by atoms with E-state index in [1.165, 1.54) is 6.08 Å². The lowest BCUT2D eigenvalue weighted by Crippen LogP contribution is -2.03. The van der Waals surface area contributed by atoms with Gasteiger partial charge in [-0.2, -0.15) is 10.3 Å². The highest BCUT2D eigenvalue weighted by atomic mass is 19.1. The molecule has 0 saturated carbocycles. The van der Waals surface area contributed by atoms with Gasteiger partial charge < -0.3 is 0 Å². The van der Waals surface area contributed by atoms with Crippen LogP contribution in [0, 0.1) is 0 Å². The number of allylic oxidation sites excluding steroid dienone is 1. The molecule has 0 spiro atoms. The van der Waals surface area contributed by atoms with Gasteiger partial charge in [0.05, 0.1) is 12.2 Å². The van der Waals surface area contributed by atoms with E-state index in [2.05, 4.69) is 25.7 Å². The lowest BCUT2D eigenvalue weighted by Gasteiger charge is -2.04. The summed E-state index contributed by atoms with van der Waals surface area (Å²) in [6, 6.07) is 9.92. The highest BCUT2D eigenvalue weighted by Gasteiger charge is 2.26. The molecule has 0 amide bonds. The van der Waals surface area contributed by atoms with Gasteiger partial charge in [-0.3, -0.25) is 4.68 Å². The number of rotatable bonds is 3. The summed E-state index contributed by atoms with van der Waals surface area (Å²) in [5.74, 6) is 0.218. The number of hydrogen-bond acceptors (Lipinski definition) is 4. The van der Waals surface area contributed by atoms with Crippen molar-refractivity contribution >= 4 is 6.08 Å². The Bertz CT molecular complexity index is 804. The van der Waals surface area contributed by atoms with Gasteiger partial charge in [0, 0.05) is 12.0 Å². The highest BCUT2D eigenvalue weighted by molar-refractivity contribution is 5.69. The molecule has 0 atom stereocenters. The monoisotopic (exact) mass is 282 g/mol. The molecule has 6 nitrogen and oxygen atoms in total. The third-order valence-corrected chi connectivity index (χ3v) is 3.47. The number of aromatic amines is 1. The van der Waals surface area contributed by atoms with Gasteiger partial charge in [0.15, 0.2) is 0 Å². The van der Waals surface area contributed by atoms with Crippen LogP contribution in [0.15, 0.2) is 36.2 Å². The van der Waals surface area contributed by atoms with Crippen LogP contribution >= 0.6 is 0 Å². The van der Waals surface area contributed by atoms with E-state index in [1.807, 2.05) is 30.3 Å². The topological polar surface area (TPSA) is 72.3 Å². The van der Waals surface area contributed by atoms with Gasteiger partial charge in [-0.15, -0.1) is 10.2 Å². The molecule has 0 aliphatic heterocycles. The minimum atomic E-state index is -0.172. The summed E-state index contributed by atoms with van der Waals surface area (Å²) in [4.78, 5) is 0. The Balaban J connectivity index is 1.79. The average Bonchev–Trinajstić information content (AvgIpc) is 3.18. The maximum Gasteiger partial charge on any atom is 0.225 e. The van der Waals surface area contributed by atoms with Crippen LogP contribution in [-0.2, 0) is 13.0 Å². The second-order valence-electron chi connectivity index (χ2n) is 4.86. The van der Waals surface area contributed by atoms with Crippen molar-refractivity contribution in [2.24, 2.45) is 0 Å². The molecular weight excluding hydrogens is 271 g/mol. The van der Waals surface area contributed by atoms with Crippen LogP contribution in [0.3, 0.4) is 0 Å². The zero-order valence-electron chi connectivity index (χ0n) is 11.0. The Morgan fingerprint density at radius 2 is 2.10 bits per heavy atom. The van der Waals surface area contributed by atoms with Crippen molar-refractivity contribution < 1.29 is 4.39 Å². The lowest BCUT2D eigenvalue weighted by molar-refractivity contribution is 0.625. The molecule has 7 heteroatoms. The van der Waals surface area contributed by atoms with Crippen molar-refractivity contribution in [2.75, 3.05) is 0 Å². The molecule has 0 bridgehead atoms. The molecule has 1 N–H and O–H groups in total. The molecule has 21 heavy (non-hydrogen) atoms. The van der Waals surface area contributed by atoms with Crippen LogP contribution < -0.4 is 0 Å². The van der Waals surface area contributed by atoms with Crippen LogP contribution in [0.1, 0.15) is 16.8 Å². The zero-order chi connectivity index (χ0) is 14.2. The number of nitrogens with zero attached hydrogens (tertiary/aromatic N) is 5. The van der Waals surface area contributed by atoms with Gasteiger partial charge in [0.2, 0.25) is 5.82 Å². The summed E-state index contributed by atoms with van der Waals surface area (Å²) in [7, 11) is 0. The van der Waals surface area contributed by atoms with Crippen molar-refractivity contribution in [3.8, 4) is 11.5 Å². The standard InChI is InChI=1S/C14H11FN6/c15-10-6-11-12(7-10)21(8-9-4-2-1-3-5-9)18-13(11)14-16-19-20-17-14/h1-5,7H,6,8H2,(H,16,17,19,20). The van der Waals surface area contributed by atoms with E-state index in [4.69, 9.17) is 0 Å². The molecule has 0 fully saturated rings. The predicted octanol–water partition coefficient (Wildman–Crippen LogP) is 1.98. The minimum absolute atomic E-state index is 0.172. The number of aromatic nitrogens is 6. The Morgan fingerprint density at radius 1 is 1.24 bits per heavy atom. The summed E-state index contributed by atoms with van der Waals surface area (Å²) in [5, 5.41) is 18.3. The third kappa shape index (κ3) is 2.03. The second kappa shape index (κ2) is 4.62. The normalized spacial score (nSPS) is 13.3. The van der Waals surface area contributed by atoms with E-state index in [9.17, 15) is 4.39 Å². The van der Waals surface area contributed by atoms with Gasteiger partial charge in [0.25, 0.3) is 0 Å². The van der Waals surface area contributed by atoms with Crippen molar-refractivity contribution in [1.29, 1.82) is 0 Å². The van der Waals surface area contributed by atoms with E-state index in [-0.39, 0.29) is 12.2 Å². The SMILES string of the molecule is FC1=Cc2c(c(-c3nn[nH]n3)nn2Cc2ccccc2)C1. The summed E-state index contributed by atoms with van der Waals surface area (Å²) in [6.07, 6.45) is 1.75. The van der Waals surface area contributed by atoms with Gasteiger partial charge in [-0.25, -0.2) is 4.39 Å². The first-order valence-electron chi connectivity index (χ1n) is 6.55. The van der Waals surface area contributed by atoms with Crippen molar-refractivity contribution in [3.05, 3.63) is 53.0 Å². The first kappa shape index (κ1) is 12.0. The number of halogens is 1. The smallest absolute Gasteiger partial charge is 0.225 e. The molecule has 0 unspecified atom stereocenters. The summed E-state index contributed by atoms with van der Waals surface area (Å²) < 4.78 is 15.4. The molecule has 1 aliphatic rings. The number of benzene rings is 1. The Morgan fingerprint density at radius 3 is 2.86 bits per heavy atom. The number of hydrogen-bond donors (Lipinski definition) is 1. The van der Waals surface area contributed by atoms with Gasteiger partial charge >= 0.3 is 0 Å². The van der Waals surface area contributed by atoms with E-state index < -0.39 is 0 Å². The third-order valence-electron chi connectivity index (χ3n) is 3.47. The van der Waals surface area contributed by atoms with Crippen LogP contribution in [0.25, 0.3) is 17.6 Å². The maximum absolute atomic E-state index is 13.6. The summed E-state index contributed by atoms with van der Waals surface area (Å²) >= 11 is 0. The predicted molar refractivity (Wildman–Crippen MR) is 73.7 cm³/mol. The van der Waals surface area contributed by atoms with Gasteiger partial charge in [-0.05, 0) is 16.9 Å². The number of H-pyrrole nitrogens is 1.